The van der Waals surface area contributed by atoms with Crippen molar-refractivity contribution in [1.82, 2.24) is 4.90 Å². The summed E-state index contributed by atoms with van der Waals surface area (Å²) in [7, 11) is 1.59. The Labute approximate surface area is 105 Å². The third kappa shape index (κ3) is 4.56. The number of thiophene rings is 1. The summed E-state index contributed by atoms with van der Waals surface area (Å²) >= 11 is 1.36. The Morgan fingerprint density at radius 1 is 1.41 bits per heavy atom. The normalized spacial score (nSPS) is 11.1. The van der Waals surface area contributed by atoms with E-state index in [9.17, 15) is 9.59 Å². The fourth-order valence-electron chi connectivity index (χ4n) is 1.23. The van der Waals surface area contributed by atoms with Gasteiger partial charge in [0.1, 0.15) is 12.1 Å². The van der Waals surface area contributed by atoms with Gasteiger partial charge in [-0.05, 0) is 32.2 Å². The van der Waals surface area contributed by atoms with Crippen molar-refractivity contribution in [2.45, 2.75) is 26.4 Å². The third-order valence-corrected chi connectivity index (χ3v) is 2.72. The van der Waals surface area contributed by atoms with Crippen molar-refractivity contribution in [3.8, 4) is 0 Å². The van der Waals surface area contributed by atoms with Crippen molar-refractivity contribution in [3.05, 3.63) is 22.4 Å². The van der Waals surface area contributed by atoms with Gasteiger partial charge in [-0.3, -0.25) is 9.59 Å². The molecule has 0 N–H and O–H groups in total. The molecule has 0 aliphatic heterocycles. The standard InChI is InChI=1S/C12H17NO3S/c1-12(2,3)16-10(14)8-13(4)11(15)9-6-5-7-17-9/h5-7H,8H2,1-4H3. The van der Waals surface area contributed by atoms with E-state index < -0.39 is 11.6 Å². The quantitative estimate of drug-likeness (QED) is 0.778. The maximum absolute atomic E-state index is 11.8. The van der Waals surface area contributed by atoms with E-state index in [1.165, 1.54) is 16.2 Å². The van der Waals surface area contributed by atoms with Crippen LogP contribution in [-0.2, 0) is 9.53 Å². The number of likely N-dealkylation sites (N-methyl/N-ethyl adjacent to an activating group) is 1. The van der Waals surface area contributed by atoms with E-state index in [1.54, 1.807) is 40.0 Å². The number of esters is 1. The van der Waals surface area contributed by atoms with Gasteiger partial charge in [0.2, 0.25) is 0 Å². The van der Waals surface area contributed by atoms with E-state index in [1.807, 2.05) is 5.38 Å². The van der Waals surface area contributed by atoms with E-state index in [-0.39, 0.29) is 12.5 Å². The highest BCUT2D eigenvalue weighted by Gasteiger charge is 2.20. The highest BCUT2D eigenvalue weighted by molar-refractivity contribution is 7.12. The zero-order valence-electron chi connectivity index (χ0n) is 10.5. The molecule has 0 bridgehead atoms. The molecular weight excluding hydrogens is 238 g/mol. The summed E-state index contributed by atoms with van der Waals surface area (Å²) in [5, 5.41) is 1.83. The van der Waals surface area contributed by atoms with Gasteiger partial charge < -0.3 is 9.64 Å². The molecule has 0 fully saturated rings. The molecule has 0 aromatic carbocycles. The summed E-state index contributed by atoms with van der Waals surface area (Å²) in [5.74, 6) is -0.559. The summed E-state index contributed by atoms with van der Waals surface area (Å²) in [6.45, 7) is 5.36. The Kier molecular flexibility index (Phi) is 4.28. The molecule has 17 heavy (non-hydrogen) atoms. The molecule has 4 nitrogen and oxygen atoms in total. The van der Waals surface area contributed by atoms with Crippen molar-refractivity contribution in [3.63, 3.8) is 0 Å². The van der Waals surface area contributed by atoms with Crippen molar-refractivity contribution >= 4 is 23.2 Å². The number of amides is 1. The second-order valence-corrected chi connectivity index (χ2v) is 5.67. The molecule has 0 aliphatic carbocycles. The molecule has 0 radical (unpaired) electrons. The van der Waals surface area contributed by atoms with Crippen LogP contribution in [0.5, 0.6) is 0 Å². The predicted molar refractivity (Wildman–Crippen MR) is 67.1 cm³/mol. The molecule has 1 heterocycles. The summed E-state index contributed by atoms with van der Waals surface area (Å²) in [4.78, 5) is 25.3. The molecule has 0 spiro atoms. The van der Waals surface area contributed by atoms with E-state index in [0.717, 1.165) is 0 Å². The summed E-state index contributed by atoms with van der Waals surface area (Å²) in [5.41, 5.74) is -0.524. The van der Waals surface area contributed by atoms with Crippen LogP contribution in [0.4, 0.5) is 0 Å². The fraction of sp³-hybridized carbons (Fsp3) is 0.500. The third-order valence-electron chi connectivity index (χ3n) is 1.86. The maximum Gasteiger partial charge on any atom is 0.326 e. The Hall–Kier alpha value is -1.36. The topological polar surface area (TPSA) is 46.6 Å². The number of carbonyl (C=O) groups is 2. The molecular formula is C12H17NO3S. The minimum Gasteiger partial charge on any atom is -0.459 e. The van der Waals surface area contributed by atoms with Crippen LogP contribution in [-0.4, -0.2) is 36.0 Å². The Bertz CT molecular complexity index is 392. The van der Waals surface area contributed by atoms with Crippen LogP contribution >= 0.6 is 11.3 Å². The zero-order valence-corrected chi connectivity index (χ0v) is 11.3. The van der Waals surface area contributed by atoms with Crippen LogP contribution in [0.1, 0.15) is 30.4 Å². The Morgan fingerprint density at radius 2 is 2.06 bits per heavy atom. The second kappa shape index (κ2) is 5.31. The molecule has 0 atom stereocenters. The van der Waals surface area contributed by atoms with Gasteiger partial charge in [-0.2, -0.15) is 0 Å². The van der Waals surface area contributed by atoms with Crippen molar-refractivity contribution < 1.29 is 14.3 Å². The fourth-order valence-corrected chi connectivity index (χ4v) is 1.95. The smallest absolute Gasteiger partial charge is 0.326 e. The van der Waals surface area contributed by atoms with Crippen LogP contribution in [0, 0.1) is 0 Å². The number of nitrogens with zero attached hydrogens (tertiary/aromatic N) is 1. The molecule has 1 rings (SSSR count). The number of hydrogen-bond acceptors (Lipinski definition) is 4. The molecule has 0 saturated carbocycles. The lowest BCUT2D eigenvalue weighted by Gasteiger charge is -2.22. The number of rotatable bonds is 3. The van der Waals surface area contributed by atoms with Gasteiger partial charge in [0.15, 0.2) is 0 Å². The molecule has 1 amide bonds. The van der Waals surface area contributed by atoms with E-state index in [0.29, 0.717) is 4.88 Å². The molecule has 1 aromatic heterocycles. The van der Waals surface area contributed by atoms with Crippen LogP contribution in [0.25, 0.3) is 0 Å². The highest BCUT2D eigenvalue weighted by Crippen LogP contribution is 2.12. The molecule has 0 unspecified atom stereocenters. The predicted octanol–water partition coefficient (Wildman–Crippen LogP) is 2.16. The minimum atomic E-state index is -0.524. The van der Waals surface area contributed by atoms with Gasteiger partial charge in [0, 0.05) is 7.05 Å². The number of ether oxygens (including phenoxy) is 1. The average Bonchev–Trinajstić information content (AvgIpc) is 2.65. The summed E-state index contributed by atoms with van der Waals surface area (Å²) < 4.78 is 5.15. The van der Waals surface area contributed by atoms with Crippen LogP contribution < -0.4 is 0 Å². The largest absolute Gasteiger partial charge is 0.459 e. The van der Waals surface area contributed by atoms with Gasteiger partial charge in [0.25, 0.3) is 5.91 Å². The number of hydrogen-bond donors (Lipinski definition) is 0. The first-order valence-electron chi connectivity index (χ1n) is 5.30. The lowest BCUT2D eigenvalue weighted by molar-refractivity contribution is -0.155. The Morgan fingerprint density at radius 3 is 2.53 bits per heavy atom. The zero-order chi connectivity index (χ0) is 13.1. The molecule has 0 aliphatic rings. The first-order valence-corrected chi connectivity index (χ1v) is 6.18. The van der Waals surface area contributed by atoms with Gasteiger partial charge in [0.05, 0.1) is 4.88 Å². The molecule has 0 saturated heterocycles. The lowest BCUT2D eigenvalue weighted by Crippen LogP contribution is -2.35. The lowest BCUT2D eigenvalue weighted by atomic mass is 10.2. The molecule has 5 heteroatoms. The van der Waals surface area contributed by atoms with E-state index >= 15 is 0 Å². The first-order chi connectivity index (χ1) is 7.79. The van der Waals surface area contributed by atoms with Gasteiger partial charge >= 0.3 is 5.97 Å². The molecule has 1 aromatic rings. The van der Waals surface area contributed by atoms with Gasteiger partial charge in [-0.1, -0.05) is 6.07 Å². The summed E-state index contributed by atoms with van der Waals surface area (Å²) in [6.07, 6.45) is 0. The SMILES string of the molecule is CN(CC(=O)OC(C)(C)C)C(=O)c1cccs1. The first kappa shape index (κ1) is 13.7. The van der Waals surface area contributed by atoms with Crippen molar-refractivity contribution in [2.75, 3.05) is 13.6 Å². The molecule has 94 valence electrons. The van der Waals surface area contributed by atoms with Crippen LogP contribution in [0.2, 0.25) is 0 Å². The van der Waals surface area contributed by atoms with E-state index in [4.69, 9.17) is 4.74 Å². The van der Waals surface area contributed by atoms with Gasteiger partial charge in [-0.25, -0.2) is 0 Å². The monoisotopic (exact) mass is 255 g/mol. The van der Waals surface area contributed by atoms with Crippen LogP contribution in [0.3, 0.4) is 0 Å². The maximum atomic E-state index is 11.8. The summed E-state index contributed by atoms with van der Waals surface area (Å²) in [6, 6.07) is 3.54. The minimum absolute atomic E-state index is 0.0337. The Balaban J connectivity index is 2.52. The highest BCUT2D eigenvalue weighted by atomic mass is 32.1. The average molecular weight is 255 g/mol. The second-order valence-electron chi connectivity index (χ2n) is 4.72. The van der Waals surface area contributed by atoms with Crippen molar-refractivity contribution in [1.29, 1.82) is 0 Å². The van der Waals surface area contributed by atoms with Crippen molar-refractivity contribution in [2.24, 2.45) is 0 Å². The van der Waals surface area contributed by atoms with E-state index in [2.05, 4.69) is 0 Å². The van der Waals surface area contributed by atoms with Gasteiger partial charge in [-0.15, -0.1) is 11.3 Å². The van der Waals surface area contributed by atoms with Crippen LogP contribution in [0.15, 0.2) is 17.5 Å². The number of carbonyl (C=O) groups excluding carboxylic acids is 2.